The Hall–Kier alpha value is -2.92. The maximum Gasteiger partial charge on any atom is 0.337 e. The number of benzene rings is 2. The maximum absolute atomic E-state index is 13.6. The Labute approximate surface area is 172 Å². The molecule has 0 aliphatic heterocycles. The summed E-state index contributed by atoms with van der Waals surface area (Å²) >= 11 is 1.63. The quantitative estimate of drug-likeness (QED) is 0.508. The summed E-state index contributed by atoms with van der Waals surface area (Å²) in [4.78, 5) is 29.2. The average Bonchev–Trinajstić information content (AvgIpc) is 3.13. The van der Waals surface area contributed by atoms with Gasteiger partial charge in [-0.1, -0.05) is 42.5 Å². The fraction of sp³-hybridized carbons (Fsp3) is 0.250. The lowest BCUT2D eigenvalue weighted by Crippen LogP contribution is -2.39. The van der Waals surface area contributed by atoms with Crippen molar-refractivity contribution in [2.75, 3.05) is 0 Å². The van der Waals surface area contributed by atoms with Crippen molar-refractivity contribution in [3.05, 3.63) is 97.0 Å². The lowest BCUT2D eigenvalue weighted by atomic mass is 9.97. The molecule has 0 bridgehead atoms. The molecule has 2 heterocycles. The molecule has 1 aliphatic carbocycles. The minimum absolute atomic E-state index is 0.184. The summed E-state index contributed by atoms with van der Waals surface area (Å²) in [6.07, 6.45) is 4.16. The largest absolute Gasteiger partial charge is 0.337 e. The van der Waals surface area contributed by atoms with Crippen molar-refractivity contribution < 1.29 is 0 Å². The molecule has 0 atom stereocenters. The van der Waals surface area contributed by atoms with Crippen molar-refractivity contribution in [2.45, 2.75) is 39.2 Å². The van der Waals surface area contributed by atoms with Crippen LogP contribution in [-0.2, 0) is 19.4 Å². The molecule has 5 heteroatoms. The Kier molecular flexibility index (Phi) is 4.47. The van der Waals surface area contributed by atoms with Crippen LogP contribution in [0.1, 0.15) is 34.4 Å². The lowest BCUT2D eigenvalue weighted by Gasteiger charge is -2.14. The topological polar surface area (TPSA) is 44.0 Å². The standard InChI is InChI=1S/C24H22N2O2S/c1-16-9-5-6-10-17(16)15-25-23-21(19-13-7-8-14-20(19)29-23)22(27)26(24(25)28)18-11-3-2-4-12-18/h2-6,9-12H,7-8,13-15H2,1H3. The fourth-order valence-corrected chi connectivity index (χ4v) is 5.64. The van der Waals surface area contributed by atoms with Crippen molar-refractivity contribution >= 4 is 21.6 Å². The molecule has 2 aromatic carbocycles. The normalized spacial score (nSPS) is 13.6. The summed E-state index contributed by atoms with van der Waals surface area (Å²) in [5, 5.41) is 0.738. The predicted octanol–water partition coefficient (Wildman–Crippen LogP) is 4.45. The highest BCUT2D eigenvalue weighted by atomic mass is 32.1. The van der Waals surface area contributed by atoms with Gasteiger partial charge in [-0.05, 0) is 61.4 Å². The van der Waals surface area contributed by atoms with E-state index >= 15 is 0 Å². The molecule has 0 spiro atoms. The number of aromatic nitrogens is 2. The number of hydrogen-bond donors (Lipinski definition) is 0. The molecule has 0 amide bonds. The first-order chi connectivity index (χ1) is 14.1. The molecule has 0 saturated heterocycles. The van der Waals surface area contributed by atoms with E-state index in [2.05, 4.69) is 19.1 Å². The summed E-state index contributed by atoms with van der Waals surface area (Å²) < 4.78 is 3.15. The molecule has 0 radical (unpaired) electrons. The Morgan fingerprint density at radius 2 is 1.66 bits per heavy atom. The summed E-state index contributed by atoms with van der Waals surface area (Å²) in [6.45, 7) is 2.53. The fourth-order valence-electron chi connectivity index (χ4n) is 4.27. The molecule has 4 aromatic rings. The first-order valence-electron chi connectivity index (χ1n) is 10.0. The van der Waals surface area contributed by atoms with Gasteiger partial charge in [-0.3, -0.25) is 9.36 Å². The van der Waals surface area contributed by atoms with Crippen molar-refractivity contribution in [1.82, 2.24) is 9.13 Å². The first-order valence-corrected chi connectivity index (χ1v) is 10.9. The van der Waals surface area contributed by atoms with Gasteiger partial charge in [0.25, 0.3) is 5.56 Å². The summed E-state index contributed by atoms with van der Waals surface area (Å²) in [5.41, 5.74) is 3.57. The van der Waals surface area contributed by atoms with Gasteiger partial charge in [0.1, 0.15) is 4.83 Å². The molecule has 0 N–H and O–H groups in total. The van der Waals surface area contributed by atoms with Gasteiger partial charge in [0.2, 0.25) is 0 Å². The van der Waals surface area contributed by atoms with Crippen LogP contribution < -0.4 is 11.2 Å². The Bertz CT molecular complexity index is 1330. The van der Waals surface area contributed by atoms with Crippen LogP contribution in [0.3, 0.4) is 0 Å². The monoisotopic (exact) mass is 402 g/mol. The van der Waals surface area contributed by atoms with Crippen molar-refractivity contribution in [3.8, 4) is 5.69 Å². The summed E-state index contributed by atoms with van der Waals surface area (Å²) in [6, 6.07) is 17.4. The second kappa shape index (κ2) is 7.16. The van der Waals surface area contributed by atoms with E-state index in [4.69, 9.17) is 0 Å². The molecule has 1 aliphatic rings. The molecule has 0 unspecified atom stereocenters. The Morgan fingerprint density at radius 1 is 0.931 bits per heavy atom. The smallest absolute Gasteiger partial charge is 0.279 e. The third kappa shape index (κ3) is 2.97. The highest BCUT2D eigenvalue weighted by Gasteiger charge is 2.24. The van der Waals surface area contributed by atoms with Gasteiger partial charge in [-0.25, -0.2) is 9.36 Å². The minimum Gasteiger partial charge on any atom is -0.279 e. The molecular weight excluding hydrogens is 380 g/mol. The van der Waals surface area contributed by atoms with E-state index in [9.17, 15) is 9.59 Å². The molecule has 0 saturated carbocycles. The van der Waals surface area contributed by atoms with Gasteiger partial charge in [0.15, 0.2) is 0 Å². The zero-order valence-corrected chi connectivity index (χ0v) is 17.2. The van der Waals surface area contributed by atoms with Crippen LogP contribution in [0.25, 0.3) is 15.9 Å². The van der Waals surface area contributed by atoms with Crippen LogP contribution in [-0.4, -0.2) is 9.13 Å². The Morgan fingerprint density at radius 3 is 2.45 bits per heavy atom. The molecule has 0 fully saturated rings. The number of hydrogen-bond acceptors (Lipinski definition) is 3. The number of aryl methyl sites for hydroxylation is 3. The highest BCUT2D eigenvalue weighted by Crippen LogP contribution is 2.34. The zero-order chi connectivity index (χ0) is 20.0. The summed E-state index contributed by atoms with van der Waals surface area (Å²) in [5.74, 6) is 0. The zero-order valence-electron chi connectivity index (χ0n) is 16.4. The molecule has 5 rings (SSSR count). The van der Waals surface area contributed by atoms with Gasteiger partial charge < -0.3 is 0 Å². The summed E-state index contributed by atoms with van der Waals surface area (Å²) in [7, 11) is 0. The van der Waals surface area contributed by atoms with Crippen LogP contribution in [0.4, 0.5) is 0 Å². The molecule has 4 nitrogen and oxygen atoms in total. The van der Waals surface area contributed by atoms with Crippen LogP contribution in [0.2, 0.25) is 0 Å². The van der Waals surface area contributed by atoms with E-state index in [1.54, 1.807) is 15.9 Å². The second-order valence-electron chi connectivity index (χ2n) is 7.66. The number of rotatable bonds is 3. The molecular formula is C24H22N2O2S. The van der Waals surface area contributed by atoms with Crippen molar-refractivity contribution in [1.29, 1.82) is 0 Å². The molecule has 2 aromatic heterocycles. The highest BCUT2D eigenvalue weighted by molar-refractivity contribution is 7.18. The van der Waals surface area contributed by atoms with Crippen molar-refractivity contribution in [3.63, 3.8) is 0 Å². The molecule has 146 valence electrons. The van der Waals surface area contributed by atoms with Gasteiger partial charge in [0, 0.05) is 4.88 Å². The van der Waals surface area contributed by atoms with Gasteiger partial charge in [-0.2, -0.15) is 0 Å². The third-order valence-corrected chi connectivity index (χ3v) is 7.16. The van der Waals surface area contributed by atoms with E-state index < -0.39 is 0 Å². The van der Waals surface area contributed by atoms with E-state index in [0.717, 1.165) is 52.6 Å². The van der Waals surface area contributed by atoms with Crippen LogP contribution >= 0.6 is 11.3 Å². The number of nitrogens with zero attached hydrogens (tertiary/aromatic N) is 2. The number of para-hydroxylation sites is 1. The van der Waals surface area contributed by atoms with Crippen molar-refractivity contribution in [2.24, 2.45) is 0 Å². The molecule has 29 heavy (non-hydrogen) atoms. The minimum atomic E-state index is -0.268. The average molecular weight is 403 g/mol. The van der Waals surface area contributed by atoms with Crippen LogP contribution in [0.5, 0.6) is 0 Å². The van der Waals surface area contributed by atoms with E-state index in [1.807, 2.05) is 42.5 Å². The van der Waals surface area contributed by atoms with E-state index in [1.165, 1.54) is 9.44 Å². The maximum atomic E-state index is 13.6. The first kappa shape index (κ1) is 18.1. The van der Waals surface area contributed by atoms with Gasteiger partial charge in [-0.15, -0.1) is 11.3 Å². The van der Waals surface area contributed by atoms with E-state index in [0.29, 0.717) is 12.2 Å². The van der Waals surface area contributed by atoms with Gasteiger partial charge in [0.05, 0.1) is 17.6 Å². The number of fused-ring (bicyclic) bond motifs is 3. The van der Waals surface area contributed by atoms with Gasteiger partial charge >= 0.3 is 5.69 Å². The lowest BCUT2D eigenvalue weighted by molar-refractivity contribution is 0.695. The third-order valence-electron chi connectivity index (χ3n) is 5.84. The van der Waals surface area contributed by atoms with Crippen LogP contribution in [0, 0.1) is 6.92 Å². The SMILES string of the molecule is Cc1ccccc1Cn1c(=O)n(-c2ccccc2)c(=O)c2c3c(sc21)CCCC3. The second-order valence-corrected chi connectivity index (χ2v) is 8.75. The Balaban J connectivity index is 1.86. The van der Waals surface area contributed by atoms with E-state index in [-0.39, 0.29) is 11.2 Å². The number of thiophene rings is 1. The predicted molar refractivity (Wildman–Crippen MR) is 119 cm³/mol. The van der Waals surface area contributed by atoms with Crippen LogP contribution in [0.15, 0.2) is 64.2 Å².